The molecule has 3 rings (SSSR count). The van der Waals surface area contributed by atoms with Gasteiger partial charge in [0.25, 0.3) is 5.91 Å². The Kier molecular flexibility index (Phi) is 8.13. The van der Waals surface area contributed by atoms with Crippen molar-refractivity contribution in [2.75, 3.05) is 32.7 Å². The Morgan fingerprint density at radius 1 is 0.935 bits per heavy atom. The Hall–Kier alpha value is -2.34. The van der Waals surface area contributed by atoms with Crippen LogP contribution in [0.25, 0.3) is 22.5 Å². The molecule has 0 saturated heterocycles. The number of benzene rings is 2. The first-order chi connectivity index (χ1) is 15.0. The Morgan fingerprint density at radius 3 is 2.26 bits per heavy atom. The van der Waals surface area contributed by atoms with E-state index < -0.39 is 0 Å². The van der Waals surface area contributed by atoms with Gasteiger partial charge in [-0.3, -0.25) is 9.89 Å². The molecule has 31 heavy (non-hydrogen) atoms. The van der Waals surface area contributed by atoms with Crippen molar-refractivity contribution in [1.29, 1.82) is 0 Å². The fraction of sp³-hybridized carbons (Fsp3) is 0.333. The number of carbonyl (C=O) groups excluding carboxylic acids is 1. The van der Waals surface area contributed by atoms with Crippen LogP contribution in [0.15, 0.2) is 48.5 Å². The number of halogens is 2. The minimum atomic E-state index is 0.0527. The van der Waals surface area contributed by atoms with Crippen LogP contribution >= 0.6 is 23.2 Å². The summed E-state index contributed by atoms with van der Waals surface area (Å²) in [4.78, 5) is 17.1. The molecular weight excluding hydrogens is 431 g/mol. The zero-order chi connectivity index (χ0) is 22.4. The first-order valence-corrected chi connectivity index (χ1v) is 11.3. The van der Waals surface area contributed by atoms with E-state index in [1.165, 1.54) is 0 Å². The van der Waals surface area contributed by atoms with Crippen molar-refractivity contribution in [2.24, 2.45) is 0 Å². The molecule has 0 bridgehead atoms. The third kappa shape index (κ3) is 5.67. The van der Waals surface area contributed by atoms with Gasteiger partial charge in [-0.05, 0) is 56.4 Å². The molecule has 0 aliphatic carbocycles. The second-order valence-electron chi connectivity index (χ2n) is 7.28. The maximum Gasteiger partial charge on any atom is 0.253 e. The number of hydrogen-bond donors (Lipinski definition) is 1. The van der Waals surface area contributed by atoms with Crippen molar-refractivity contribution in [2.45, 2.75) is 20.8 Å². The SMILES string of the molecule is CCN(CC)CCN(CC)C(=O)c1ccc(-c2cc(-c3ccc(Cl)cc3Cl)[nH]n2)cc1. The van der Waals surface area contributed by atoms with Gasteiger partial charge in [0, 0.05) is 41.3 Å². The maximum atomic E-state index is 12.9. The van der Waals surface area contributed by atoms with Crippen molar-refractivity contribution < 1.29 is 4.79 Å². The lowest BCUT2D eigenvalue weighted by atomic mass is 10.1. The molecule has 1 amide bonds. The highest BCUT2D eigenvalue weighted by Gasteiger charge is 2.16. The molecule has 3 aromatic rings. The number of aromatic amines is 1. The molecule has 1 N–H and O–H groups in total. The summed E-state index contributed by atoms with van der Waals surface area (Å²) in [7, 11) is 0. The normalized spacial score (nSPS) is 11.2. The van der Waals surface area contributed by atoms with E-state index in [0.29, 0.717) is 22.2 Å². The predicted molar refractivity (Wildman–Crippen MR) is 129 cm³/mol. The summed E-state index contributed by atoms with van der Waals surface area (Å²) >= 11 is 12.3. The Morgan fingerprint density at radius 2 is 1.65 bits per heavy atom. The number of carbonyl (C=O) groups is 1. The lowest BCUT2D eigenvalue weighted by molar-refractivity contribution is 0.0747. The van der Waals surface area contributed by atoms with Crippen molar-refractivity contribution in [3.63, 3.8) is 0 Å². The molecule has 5 nitrogen and oxygen atoms in total. The second kappa shape index (κ2) is 10.8. The van der Waals surface area contributed by atoms with Gasteiger partial charge in [-0.25, -0.2) is 0 Å². The first-order valence-electron chi connectivity index (χ1n) is 10.6. The van der Waals surface area contributed by atoms with E-state index in [1.807, 2.05) is 48.2 Å². The third-order valence-electron chi connectivity index (χ3n) is 5.48. The second-order valence-corrected chi connectivity index (χ2v) is 8.12. The zero-order valence-corrected chi connectivity index (χ0v) is 19.7. The standard InChI is InChI=1S/C24H28Cl2N4O/c1-4-29(5-2)13-14-30(6-3)24(31)18-9-7-17(8-10-18)22-16-23(28-27-22)20-12-11-19(25)15-21(20)26/h7-12,15-16H,4-6,13-14H2,1-3H3,(H,27,28). The molecule has 2 aromatic carbocycles. The number of aromatic nitrogens is 2. The van der Waals surface area contributed by atoms with Crippen LogP contribution < -0.4 is 0 Å². The van der Waals surface area contributed by atoms with Gasteiger partial charge in [0.15, 0.2) is 0 Å². The number of hydrogen-bond acceptors (Lipinski definition) is 3. The topological polar surface area (TPSA) is 52.2 Å². The summed E-state index contributed by atoms with van der Waals surface area (Å²) in [6, 6.07) is 14.9. The molecule has 7 heteroatoms. The average molecular weight is 459 g/mol. The molecule has 164 valence electrons. The fourth-order valence-electron chi connectivity index (χ4n) is 3.49. The van der Waals surface area contributed by atoms with Gasteiger partial charge in [-0.1, -0.05) is 49.2 Å². The first kappa shape index (κ1) is 23.3. The van der Waals surface area contributed by atoms with E-state index in [4.69, 9.17) is 23.2 Å². The van der Waals surface area contributed by atoms with Gasteiger partial charge < -0.3 is 9.80 Å². The van der Waals surface area contributed by atoms with Crippen LogP contribution in [0.1, 0.15) is 31.1 Å². The van der Waals surface area contributed by atoms with Crippen LogP contribution in [-0.4, -0.2) is 58.6 Å². The van der Waals surface area contributed by atoms with E-state index in [1.54, 1.807) is 12.1 Å². The highest BCUT2D eigenvalue weighted by Crippen LogP contribution is 2.31. The smallest absolute Gasteiger partial charge is 0.253 e. The van der Waals surface area contributed by atoms with Crippen molar-refractivity contribution in [1.82, 2.24) is 20.0 Å². The van der Waals surface area contributed by atoms with Crippen LogP contribution in [0.4, 0.5) is 0 Å². The summed E-state index contributed by atoms with van der Waals surface area (Å²) < 4.78 is 0. The minimum absolute atomic E-state index is 0.0527. The number of H-pyrrole nitrogens is 1. The van der Waals surface area contributed by atoms with Crippen LogP contribution in [0.5, 0.6) is 0 Å². The quantitative estimate of drug-likeness (QED) is 0.437. The van der Waals surface area contributed by atoms with Crippen LogP contribution in [0.2, 0.25) is 10.0 Å². The van der Waals surface area contributed by atoms with Gasteiger partial charge in [0.1, 0.15) is 0 Å². The molecule has 0 aliphatic heterocycles. The molecule has 0 radical (unpaired) electrons. The lowest BCUT2D eigenvalue weighted by Gasteiger charge is -2.25. The van der Waals surface area contributed by atoms with Crippen LogP contribution in [0, 0.1) is 0 Å². The Labute approximate surface area is 194 Å². The van der Waals surface area contributed by atoms with E-state index in [2.05, 4.69) is 28.9 Å². The molecule has 0 atom stereocenters. The molecule has 1 heterocycles. The summed E-state index contributed by atoms with van der Waals surface area (Å²) in [6.07, 6.45) is 0. The predicted octanol–water partition coefficient (Wildman–Crippen LogP) is 5.85. The van der Waals surface area contributed by atoms with Crippen molar-refractivity contribution in [3.05, 3.63) is 64.1 Å². The number of rotatable bonds is 9. The molecule has 0 aliphatic rings. The van der Waals surface area contributed by atoms with Gasteiger partial charge in [-0.2, -0.15) is 5.10 Å². The van der Waals surface area contributed by atoms with E-state index >= 15 is 0 Å². The van der Waals surface area contributed by atoms with Gasteiger partial charge >= 0.3 is 0 Å². The van der Waals surface area contributed by atoms with Gasteiger partial charge in [-0.15, -0.1) is 0 Å². The third-order valence-corrected chi connectivity index (χ3v) is 6.02. The molecule has 0 fully saturated rings. The van der Waals surface area contributed by atoms with E-state index in [-0.39, 0.29) is 5.91 Å². The van der Waals surface area contributed by atoms with Crippen LogP contribution in [0.3, 0.4) is 0 Å². The number of nitrogens with zero attached hydrogens (tertiary/aromatic N) is 3. The largest absolute Gasteiger partial charge is 0.338 e. The van der Waals surface area contributed by atoms with E-state index in [9.17, 15) is 4.79 Å². The summed E-state index contributed by atoms with van der Waals surface area (Å²) in [5.74, 6) is 0.0527. The molecule has 0 saturated carbocycles. The molecular formula is C24H28Cl2N4O. The zero-order valence-electron chi connectivity index (χ0n) is 18.2. The average Bonchev–Trinajstić information content (AvgIpc) is 3.26. The number of likely N-dealkylation sites (N-methyl/N-ethyl adjacent to an activating group) is 2. The fourth-order valence-corrected chi connectivity index (χ4v) is 4.00. The molecule has 1 aromatic heterocycles. The molecule has 0 unspecified atom stereocenters. The molecule has 0 spiro atoms. The Bertz CT molecular complexity index is 1010. The van der Waals surface area contributed by atoms with Crippen LogP contribution in [-0.2, 0) is 0 Å². The van der Waals surface area contributed by atoms with Crippen molar-refractivity contribution in [3.8, 4) is 22.5 Å². The Balaban J connectivity index is 1.72. The monoisotopic (exact) mass is 458 g/mol. The lowest BCUT2D eigenvalue weighted by Crippen LogP contribution is -2.38. The number of amides is 1. The van der Waals surface area contributed by atoms with E-state index in [0.717, 1.165) is 48.7 Å². The number of nitrogens with one attached hydrogen (secondary N) is 1. The summed E-state index contributed by atoms with van der Waals surface area (Å²) in [5, 5.41) is 8.58. The van der Waals surface area contributed by atoms with Crippen molar-refractivity contribution >= 4 is 29.1 Å². The highest BCUT2D eigenvalue weighted by atomic mass is 35.5. The summed E-state index contributed by atoms with van der Waals surface area (Å²) in [5.41, 5.74) is 4.04. The van der Waals surface area contributed by atoms with Gasteiger partial charge in [0.05, 0.1) is 16.4 Å². The van der Waals surface area contributed by atoms with Gasteiger partial charge in [0.2, 0.25) is 0 Å². The minimum Gasteiger partial charge on any atom is -0.338 e. The maximum absolute atomic E-state index is 12.9. The summed E-state index contributed by atoms with van der Waals surface area (Å²) in [6.45, 7) is 10.6. The highest BCUT2D eigenvalue weighted by molar-refractivity contribution is 6.36.